The molecule has 0 aromatic heterocycles. The topological polar surface area (TPSA) is 38.0 Å². The van der Waals surface area contributed by atoms with Gasteiger partial charge in [-0.1, -0.05) is 24.3 Å². The zero-order chi connectivity index (χ0) is 10.9. The number of hydrogen-bond donors (Lipinski definition) is 2. The first-order valence-corrected chi connectivity index (χ1v) is 5.41. The molecule has 0 aliphatic carbocycles. The van der Waals surface area contributed by atoms with Gasteiger partial charge in [-0.25, -0.2) is 0 Å². The molecule has 0 unspecified atom stereocenters. The van der Waals surface area contributed by atoms with Crippen molar-refractivity contribution in [2.75, 3.05) is 19.8 Å². The van der Waals surface area contributed by atoms with Crippen LogP contribution in [-0.4, -0.2) is 19.8 Å². The molecule has 0 bridgehead atoms. The number of rotatable bonds is 7. The van der Waals surface area contributed by atoms with E-state index in [1.54, 1.807) is 0 Å². The molecule has 0 spiro atoms. The molecule has 1 rings (SSSR count). The van der Waals surface area contributed by atoms with Crippen LogP contribution in [0.1, 0.15) is 17.5 Å². The summed E-state index contributed by atoms with van der Waals surface area (Å²) in [6.45, 7) is 1.99. The second kappa shape index (κ2) is 7.37. The third-order valence-electron chi connectivity index (χ3n) is 2.27. The maximum Gasteiger partial charge on any atom is 0.0906 e. The van der Waals surface area contributed by atoms with Gasteiger partial charge in [-0.15, -0.1) is 0 Å². The smallest absolute Gasteiger partial charge is 0.0906 e. The van der Waals surface area contributed by atoms with Crippen molar-refractivity contribution in [1.82, 2.24) is 5.32 Å². The predicted octanol–water partition coefficient (Wildman–Crippen LogP) is 1.64. The van der Waals surface area contributed by atoms with Gasteiger partial charge in [0.2, 0.25) is 0 Å². The highest BCUT2D eigenvalue weighted by Crippen LogP contribution is 2.04. The Labute approximate surface area is 90.7 Å². The molecule has 1 aromatic rings. The van der Waals surface area contributed by atoms with Crippen LogP contribution in [0, 0.1) is 0 Å². The van der Waals surface area contributed by atoms with Crippen LogP contribution in [0.5, 0.6) is 0 Å². The number of hydrogen-bond acceptors (Lipinski definition) is 2. The Kier molecular flexibility index (Phi) is 5.97. The molecule has 3 heteroatoms. The third kappa shape index (κ3) is 4.91. The molecular weight excluding hydrogens is 191 g/mol. The molecule has 0 atom stereocenters. The van der Waals surface area contributed by atoms with E-state index in [4.69, 9.17) is 5.73 Å². The van der Waals surface area contributed by atoms with E-state index < -0.39 is 0 Å². The van der Waals surface area contributed by atoms with Crippen LogP contribution in [0.25, 0.3) is 0 Å². The molecule has 0 amide bonds. The van der Waals surface area contributed by atoms with E-state index in [1.807, 2.05) is 0 Å². The Morgan fingerprint density at radius 3 is 2.40 bits per heavy atom. The standard InChI is InChI=1S/C12H19FN2/c13-7-1-9-15-10-12-4-2-11(3-5-12)6-8-14/h2-5,15H,1,6-10,14H2. The molecule has 0 aliphatic rings. The molecule has 0 heterocycles. The normalized spacial score (nSPS) is 10.5. The van der Waals surface area contributed by atoms with E-state index >= 15 is 0 Å². The van der Waals surface area contributed by atoms with Crippen LogP contribution in [0.15, 0.2) is 24.3 Å². The highest BCUT2D eigenvalue weighted by Gasteiger charge is 1.94. The fourth-order valence-electron chi connectivity index (χ4n) is 1.41. The van der Waals surface area contributed by atoms with Gasteiger partial charge in [0.15, 0.2) is 0 Å². The molecule has 0 saturated heterocycles. The summed E-state index contributed by atoms with van der Waals surface area (Å²) >= 11 is 0. The van der Waals surface area contributed by atoms with Crippen molar-refractivity contribution in [3.63, 3.8) is 0 Å². The van der Waals surface area contributed by atoms with Crippen LogP contribution < -0.4 is 11.1 Å². The monoisotopic (exact) mass is 210 g/mol. The molecule has 84 valence electrons. The summed E-state index contributed by atoms with van der Waals surface area (Å²) in [5.74, 6) is 0. The zero-order valence-corrected chi connectivity index (χ0v) is 9.01. The first-order chi connectivity index (χ1) is 7.36. The first kappa shape index (κ1) is 12.1. The highest BCUT2D eigenvalue weighted by atomic mass is 19.1. The SMILES string of the molecule is NCCc1ccc(CNCCCF)cc1. The van der Waals surface area contributed by atoms with E-state index in [-0.39, 0.29) is 6.67 Å². The van der Waals surface area contributed by atoms with Crippen molar-refractivity contribution in [3.8, 4) is 0 Å². The predicted molar refractivity (Wildman–Crippen MR) is 61.5 cm³/mol. The summed E-state index contributed by atoms with van der Waals surface area (Å²) in [5.41, 5.74) is 7.96. The van der Waals surface area contributed by atoms with Crippen LogP contribution in [0.3, 0.4) is 0 Å². The van der Waals surface area contributed by atoms with Crippen LogP contribution in [0.2, 0.25) is 0 Å². The van der Waals surface area contributed by atoms with E-state index in [1.165, 1.54) is 11.1 Å². The summed E-state index contributed by atoms with van der Waals surface area (Å²) in [5, 5.41) is 3.19. The van der Waals surface area contributed by atoms with Gasteiger partial charge in [0.1, 0.15) is 0 Å². The molecule has 0 radical (unpaired) electrons. The molecule has 1 aromatic carbocycles. The molecular formula is C12H19FN2. The van der Waals surface area contributed by atoms with Crippen molar-refractivity contribution in [3.05, 3.63) is 35.4 Å². The molecule has 0 fully saturated rings. The van der Waals surface area contributed by atoms with Gasteiger partial charge >= 0.3 is 0 Å². The molecule has 2 nitrogen and oxygen atoms in total. The largest absolute Gasteiger partial charge is 0.330 e. The van der Waals surface area contributed by atoms with Crippen molar-refractivity contribution < 1.29 is 4.39 Å². The molecule has 0 aliphatic heterocycles. The van der Waals surface area contributed by atoms with Crippen LogP contribution in [-0.2, 0) is 13.0 Å². The lowest BCUT2D eigenvalue weighted by molar-refractivity contribution is 0.459. The summed E-state index contributed by atoms with van der Waals surface area (Å²) in [4.78, 5) is 0. The second-order valence-electron chi connectivity index (χ2n) is 3.57. The van der Waals surface area contributed by atoms with Gasteiger partial charge in [-0.2, -0.15) is 0 Å². The number of alkyl halides is 1. The minimum atomic E-state index is -0.248. The van der Waals surface area contributed by atoms with Crippen molar-refractivity contribution in [1.29, 1.82) is 0 Å². The first-order valence-electron chi connectivity index (χ1n) is 5.41. The van der Waals surface area contributed by atoms with Crippen LogP contribution in [0.4, 0.5) is 4.39 Å². The lowest BCUT2D eigenvalue weighted by Crippen LogP contribution is -2.15. The molecule has 15 heavy (non-hydrogen) atoms. The third-order valence-corrected chi connectivity index (χ3v) is 2.27. The Morgan fingerprint density at radius 1 is 1.13 bits per heavy atom. The van der Waals surface area contributed by atoms with Crippen molar-refractivity contribution in [2.45, 2.75) is 19.4 Å². The average Bonchev–Trinajstić information content (AvgIpc) is 2.27. The molecule has 3 N–H and O–H groups in total. The maximum absolute atomic E-state index is 11.8. The summed E-state index contributed by atoms with van der Waals surface area (Å²) in [6, 6.07) is 8.37. The number of halogens is 1. The maximum atomic E-state index is 11.8. The van der Waals surface area contributed by atoms with Gasteiger partial charge < -0.3 is 11.1 Å². The van der Waals surface area contributed by atoms with Gasteiger partial charge in [0, 0.05) is 6.54 Å². The van der Waals surface area contributed by atoms with E-state index in [0.717, 1.165) is 19.5 Å². The van der Waals surface area contributed by atoms with Gasteiger partial charge in [0.05, 0.1) is 6.67 Å². The Balaban J connectivity index is 2.29. The number of nitrogens with two attached hydrogens (primary N) is 1. The number of nitrogens with one attached hydrogen (secondary N) is 1. The zero-order valence-electron chi connectivity index (χ0n) is 9.01. The minimum absolute atomic E-state index is 0.248. The van der Waals surface area contributed by atoms with E-state index in [0.29, 0.717) is 13.0 Å². The average molecular weight is 210 g/mol. The number of benzene rings is 1. The van der Waals surface area contributed by atoms with Crippen LogP contribution >= 0.6 is 0 Å². The van der Waals surface area contributed by atoms with Crippen molar-refractivity contribution >= 4 is 0 Å². The van der Waals surface area contributed by atoms with Gasteiger partial charge in [-0.05, 0) is 37.1 Å². The minimum Gasteiger partial charge on any atom is -0.330 e. The Morgan fingerprint density at radius 2 is 1.80 bits per heavy atom. The highest BCUT2D eigenvalue weighted by molar-refractivity contribution is 5.22. The Hall–Kier alpha value is -0.930. The van der Waals surface area contributed by atoms with Gasteiger partial charge in [0.25, 0.3) is 0 Å². The summed E-state index contributed by atoms with van der Waals surface area (Å²) in [6.07, 6.45) is 1.51. The quantitative estimate of drug-likeness (QED) is 0.671. The Bertz CT molecular complexity index is 259. The second-order valence-corrected chi connectivity index (χ2v) is 3.57. The van der Waals surface area contributed by atoms with Crippen molar-refractivity contribution in [2.24, 2.45) is 5.73 Å². The summed E-state index contributed by atoms with van der Waals surface area (Å²) in [7, 11) is 0. The lowest BCUT2D eigenvalue weighted by atomic mass is 10.1. The fraction of sp³-hybridized carbons (Fsp3) is 0.500. The van der Waals surface area contributed by atoms with E-state index in [2.05, 4.69) is 29.6 Å². The fourth-order valence-corrected chi connectivity index (χ4v) is 1.41. The molecule has 0 saturated carbocycles. The van der Waals surface area contributed by atoms with Gasteiger partial charge in [-0.3, -0.25) is 4.39 Å². The van der Waals surface area contributed by atoms with E-state index in [9.17, 15) is 4.39 Å². The lowest BCUT2D eigenvalue weighted by Gasteiger charge is -2.04. The summed E-state index contributed by atoms with van der Waals surface area (Å²) < 4.78 is 11.8.